The fourth-order valence-corrected chi connectivity index (χ4v) is 4.48. The number of carbonyl (C=O) groups excluding carboxylic acids is 1. The molecule has 0 atom stereocenters. The summed E-state index contributed by atoms with van der Waals surface area (Å²) < 4.78 is 7.57. The third-order valence-electron chi connectivity index (χ3n) is 5.26. The van der Waals surface area contributed by atoms with Crippen molar-refractivity contribution >= 4 is 51.5 Å². The number of aromatic nitrogens is 4. The molecule has 0 N–H and O–H groups in total. The van der Waals surface area contributed by atoms with E-state index in [4.69, 9.17) is 39.2 Å². The quantitative estimate of drug-likeness (QED) is 0.255. The summed E-state index contributed by atoms with van der Waals surface area (Å²) in [4.78, 5) is 25.7. The Hall–Kier alpha value is -3.19. The molecule has 0 saturated carbocycles. The number of rotatable bonds is 5. The first-order valence-electron chi connectivity index (χ1n) is 9.91. The molecule has 5 aromatic rings. The Bertz CT molecular complexity index is 1510. The lowest BCUT2D eigenvalue weighted by molar-refractivity contribution is 0.100. The Labute approximate surface area is 203 Å². The Morgan fingerprint density at radius 3 is 2.67 bits per heavy atom. The molecule has 0 bridgehead atoms. The van der Waals surface area contributed by atoms with E-state index in [1.54, 1.807) is 24.4 Å². The molecule has 0 spiro atoms. The van der Waals surface area contributed by atoms with Crippen LogP contribution in [0.5, 0.6) is 0 Å². The molecule has 33 heavy (non-hydrogen) atoms. The highest BCUT2D eigenvalue weighted by Gasteiger charge is 2.26. The smallest absolute Gasteiger partial charge is 0.269 e. The molecule has 0 aliphatic heterocycles. The highest BCUT2D eigenvalue weighted by molar-refractivity contribution is 6.37. The first-order valence-corrected chi connectivity index (χ1v) is 11.0. The van der Waals surface area contributed by atoms with Gasteiger partial charge in [0.2, 0.25) is 0 Å². The van der Waals surface area contributed by atoms with Crippen LogP contribution in [-0.2, 0) is 6.54 Å². The molecule has 0 radical (unpaired) electrons. The van der Waals surface area contributed by atoms with Crippen molar-refractivity contribution < 1.29 is 9.21 Å². The van der Waals surface area contributed by atoms with Gasteiger partial charge in [0.1, 0.15) is 17.2 Å². The van der Waals surface area contributed by atoms with E-state index in [2.05, 4.69) is 15.0 Å². The number of oxazole rings is 1. The van der Waals surface area contributed by atoms with Crippen LogP contribution in [0, 0.1) is 6.92 Å². The molecule has 3 heterocycles. The maximum Gasteiger partial charge on any atom is 0.269 e. The minimum absolute atomic E-state index is 0.0735. The number of carbonyl (C=O) groups is 1. The van der Waals surface area contributed by atoms with Gasteiger partial charge in [0.25, 0.3) is 11.7 Å². The SMILES string of the molecule is Cc1ccc2c(c1)c(C(=O)c1ncc(-c3ccncn3)o1)c(Cl)n2Cc1ccc(Cl)cc1Cl. The molecule has 9 heteroatoms. The third-order valence-corrected chi connectivity index (χ3v) is 6.24. The second-order valence-electron chi connectivity index (χ2n) is 7.46. The number of aryl methyl sites for hydroxylation is 1. The van der Waals surface area contributed by atoms with Crippen molar-refractivity contribution in [2.45, 2.75) is 13.5 Å². The zero-order chi connectivity index (χ0) is 23.1. The van der Waals surface area contributed by atoms with Crippen molar-refractivity contribution in [2.24, 2.45) is 0 Å². The summed E-state index contributed by atoms with van der Waals surface area (Å²) in [6.07, 6.45) is 4.44. The van der Waals surface area contributed by atoms with Gasteiger partial charge >= 0.3 is 0 Å². The van der Waals surface area contributed by atoms with E-state index in [-0.39, 0.29) is 11.0 Å². The Morgan fingerprint density at radius 2 is 1.91 bits per heavy atom. The highest BCUT2D eigenvalue weighted by Crippen LogP contribution is 2.35. The van der Waals surface area contributed by atoms with E-state index in [0.717, 1.165) is 16.6 Å². The number of ketones is 1. The van der Waals surface area contributed by atoms with Crippen LogP contribution < -0.4 is 0 Å². The molecule has 5 rings (SSSR count). The third kappa shape index (κ3) is 4.02. The van der Waals surface area contributed by atoms with Gasteiger partial charge in [0.15, 0.2) is 5.76 Å². The van der Waals surface area contributed by atoms with Crippen LogP contribution in [0.3, 0.4) is 0 Å². The van der Waals surface area contributed by atoms with Crippen LogP contribution in [0.15, 0.2) is 65.6 Å². The molecule has 2 aromatic carbocycles. The zero-order valence-corrected chi connectivity index (χ0v) is 19.5. The van der Waals surface area contributed by atoms with Crippen LogP contribution in [0.2, 0.25) is 15.2 Å². The summed E-state index contributed by atoms with van der Waals surface area (Å²) in [7, 11) is 0. The molecular formula is C24H15Cl3N4O2. The summed E-state index contributed by atoms with van der Waals surface area (Å²) in [5, 5.41) is 2.04. The van der Waals surface area contributed by atoms with Gasteiger partial charge in [-0.1, -0.05) is 52.5 Å². The number of halogens is 3. The second-order valence-corrected chi connectivity index (χ2v) is 8.66. The highest BCUT2D eigenvalue weighted by atomic mass is 35.5. The summed E-state index contributed by atoms with van der Waals surface area (Å²) in [6, 6.07) is 12.8. The average molecular weight is 498 g/mol. The Balaban J connectivity index is 1.61. The molecular weight excluding hydrogens is 483 g/mol. The van der Waals surface area contributed by atoms with Crippen LogP contribution >= 0.6 is 34.8 Å². The Kier molecular flexibility index (Phi) is 5.66. The van der Waals surface area contributed by atoms with Gasteiger partial charge in [-0.15, -0.1) is 0 Å². The number of benzene rings is 2. The van der Waals surface area contributed by atoms with Crippen LogP contribution in [0.4, 0.5) is 0 Å². The fraction of sp³-hybridized carbons (Fsp3) is 0.0833. The molecule has 0 amide bonds. The van der Waals surface area contributed by atoms with Gasteiger partial charge in [0.05, 0.1) is 23.8 Å². The van der Waals surface area contributed by atoms with Crippen molar-refractivity contribution in [3.05, 3.63) is 99.0 Å². The monoisotopic (exact) mass is 496 g/mol. The molecule has 0 aliphatic carbocycles. The predicted molar refractivity (Wildman–Crippen MR) is 128 cm³/mol. The van der Waals surface area contributed by atoms with E-state index >= 15 is 0 Å². The molecule has 0 aliphatic rings. The summed E-state index contributed by atoms with van der Waals surface area (Å²) >= 11 is 19.2. The van der Waals surface area contributed by atoms with Gasteiger partial charge in [-0.25, -0.2) is 15.0 Å². The van der Waals surface area contributed by atoms with E-state index in [0.29, 0.717) is 39.0 Å². The van der Waals surface area contributed by atoms with Gasteiger partial charge < -0.3 is 8.98 Å². The van der Waals surface area contributed by atoms with Crippen molar-refractivity contribution in [1.29, 1.82) is 0 Å². The van der Waals surface area contributed by atoms with Crippen molar-refractivity contribution in [2.75, 3.05) is 0 Å². The molecule has 0 saturated heterocycles. The lowest BCUT2D eigenvalue weighted by Crippen LogP contribution is -2.04. The van der Waals surface area contributed by atoms with Crippen LogP contribution in [0.1, 0.15) is 27.4 Å². The molecule has 164 valence electrons. The standard InChI is InChI=1S/C24H15Cl3N4O2/c1-13-2-5-19-16(8-13)21(23(27)31(19)11-14-3-4-15(25)9-17(14)26)22(32)24-29-10-20(33-24)18-6-7-28-12-30-18/h2-10,12H,11H2,1H3. The largest absolute Gasteiger partial charge is 0.432 e. The van der Waals surface area contributed by atoms with E-state index in [1.165, 1.54) is 12.5 Å². The predicted octanol–water partition coefficient (Wildman–Crippen LogP) is 6.63. The van der Waals surface area contributed by atoms with Crippen LogP contribution in [-0.4, -0.2) is 25.3 Å². The summed E-state index contributed by atoms with van der Waals surface area (Å²) in [6.45, 7) is 2.31. The molecule has 0 unspecified atom stereocenters. The normalized spacial score (nSPS) is 11.3. The fourth-order valence-electron chi connectivity index (χ4n) is 3.67. The number of hydrogen-bond donors (Lipinski definition) is 0. The van der Waals surface area contributed by atoms with Crippen LogP contribution in [0.25, 0.3) is 22.4 Å². The second kappa shape index (κ2) is 8.63. The van der Waals surface area contributed by atoms with E-state index < -0.39 is 5.78 Å². The van der Waals surface area contributed by atoms with Gasteiger partial charge in [-0.3, -0.25) is 4.79 Å². The number of hydrogen-bond acceptors (Lipinski definition) is 5. The average Bonchev–Trinajstić information content (AvgIpc) is 3.39. The van der Waals surface area contributed by atoms with Gasteiger partial charge in [-0.2, -0.15) is 0 Å². The topological polar surface area (TPSA) is 73.8 Å². The lowest BCUT2D eigenvalue weighted by atomic mass is 10.1. The Morgan fingerprint density at radius 1 is 1.06 bits per heavy atom. The molecule has 3 aromatic heterocycles. The first-order chi connectivity index (χ1) is 15.9. The van der Waals surface area contributed by atoms with Gasteiger partial charge in [-0.05, 0) is 42.8 Å². The van der Waals surface area contributed by atoms with E-state index in [1.807, 2.05) is 35.8 Å². The lowest BCUT2D eigenvalue weighted by Gasteiger charge is -2.10. The van der Waals surface area contributed by atoms with Crippen molar-refractivity contribution in [3.8, 4) is 11.5 Å². The summed E-state index contributed by atoms with van der Waals surface area (Å²) in [5.41, 5.74) is 3.45. The molecule has 6 nitrogen and oxygen atoms in total. The first kappa shape index (κ1) is 21.6. The van der Waals surface area contributed by atoms with Gasteiger partial charge in [0, 0.05) is 21.6 Å². The number of fused-ring (bicyclic) bond motifs is 1. The zero-order valence-electron chi connectivity index (χ0n) is 17.2. The minimum Gasteiger partial charge on any atom is -0.432 e. The van der Waals surface area contributed by atoms with E-state index in [9.17, 15) is 4.79 Å². The van der Waals surface area contributed by atoms with Crippen molar-refractivity contribution in [3.63, 3.8) is 0 Å². The van der Waals surface area contributed by atoms with Crippen molar-refractivity contribution in [1.82, 2.24) is 19.5 Å². The molecule has 0 fully saturated rings. The summed E-state index contributed by atoms with van der Waals surface area (Å²) in [5.74, 6) is -0.128. The maximum atomic E-state index is 13.5. The minimum atomic E-state index is -0.420. The maximum absolute atomic E-state index is 13.5. The number of nitrogens with zero attached hydrogens (tertiary/aromatic N) is 4.